The third-order valence-corrected chi connectivity index (χ3v) is 3.32. The summed E-state index contributed by atoms with van der Waals surface area (Å²) in [6, 6.07) is 12.4. The molecule has 0 saturated carbocycles. The van der Waals surface area contributed by atoms with Crippen molar-refractivity contribution in [2.24, 2.45) is 5.10 Å². The lowest BCUT2D eigenvalue weighted by Gasteiger charge is -2.26. The number of benzene rings is 1. The van der Waals surface area contributed by atoms with E-state index in [4.69, 9.17) is 9.15 Å². The smallest absolute Gasteiger partial charge is 0.339 e. The van der Waals surface area contributed by atoms with Gasteiger partial charge < -0.3 is 19.4 Å². The van der Waals surface area contributed by atoms with Crippen LogP contribution in [0.15, 0.2) is 52.0 Å². The minimum atomic E-state index is -0.410. The molecule has 7 heteroatoms. The van der Waals surface area contributed by atoms with Crippen molar-refractivity contribution in [1.82, 2.24) is 5.43 Å². The van der Waals surface area contributed by atoms with Crippen LogP contribution in [0.5, 0.6) is 0 Å². The van der Waals surface area contributed by atoms with Crippen molar-refractivity contribution in [3.8, 4) is 0 Å². The fraction of sp³-hybridized carbons (Fsp3) is 0.250. The Morgan fingerprint density at radius 2 is 1.91 bits per heavy atom. The van der Waals surface area contributed by atoms with E-state index in [9.17, 15) is 4.79 Å². The number of rotatable bonds is 4. The summed E-state index contributed by atoms with van der Waals surface area (Å²) in [5, 5.41) is 6.54. The summed E-state index contributed by atoms with van der Waals surface area (Å²) in [4.78, 5) is 13.8. The number of amides is 2. The molecule has 1 fully saturated rings. The molecule has 2 aromatic rings. The van der Waals surface area contributed by atoms with E-state index >= 15 is 0 Å². The van der Waals surface area contributed by atoms with Crippen molar-refractivity contribution < 1.29 is 13.9 Å². The molecule has 1 aromatic heterocycles. The molecule has 0 atom stereocenters. The minimum Gasteiger partial charge on any atom is -0.440 e. The summed E-state index contributed by atoms with van der Waals surface area (Å²) in [7, 11) is 0. The Hall–Kier alpha value is -2.80. The van der Waals surface area contributed by atoms with Crippen LogP contribution < -0.4 is 15.6 Å². The Kier molecular flexibility index (Phi) is 4.90. The van der Waals surface area contributed by atoms with Crippen molar-refractivity contribution in [2.45, 2.75) is 0 Å². The summed E-state index contributed by atoms with van der Waals surface area (Å²) in [5.41, 5.74) is 3.10. The molecule has 120 valence electrons. The highest BCUT2D eigenvalue weighted by Gasteiger charge is 2.14. The number of nitrogens with one attached hydrogen (secondary N) is 2. The van der Waals surface area contributed by atoms with E-state index in [1.54, 1.807) is 12.1 Å². The lowest BCUT2D eigenvalue weighted by molar-refractivity contribution is 0.120. The molecule has 1 aromatic carbocycles. The van der Waals surface area contributed by atoms with Gasteiger partial charge in [-0.2, -0.15) is 5.10 Å². The SMILES string of the molecule is O=C(N/N=C/c1ccc(N2CCOCC2)o1)Nc1ccccc1. The fourth-order valence-corrected chi connectivity index (χ4v) is 2.20. The van der Waals surface area contributed by atoms with Crippen LogP contribution in [0.25, 0.3) is 0 Å². The summed E-state index contributed by atoms with van der Waals surface area (Å²) < 4.78 is 11.0. The van der Waals surface area contributed by atoms with Crippen molar-refractivity contribution in [3.05, 3.63) is 48.2 Å². The molecule has 23 heavy (non-hydrogen) atoms. The molecule has 2 amide bonds. The number of anilines is 2. The van der Waals surface area contributed by atoms with Crippen molar-refractivity contribution in [1.29, 1.82) is 0 Å². The zero-order chi connectivity index (χ0) is 15.9. The lowest BCUT2D eigenvalue weighted by atomic mass is 10.3. The van der Waals surface area contributed by atoms with Gasteiger partial charge in [-0.25, -0.2) is 10.2 Å². The molecule has 0 spiro atoms. The number of furan rings is 1. The predicted molar refractivity (Wildman–Crippen MR) is 87.9 cm³/mol. The van der Waals surface area contributed by atoms with Gasteiger partial charge in [-0.1, -0.05) is 18.2 Å². The Bertz CT molecular complexity index is 663. The van der Waals surface area contributed by atoms with Crippen LogP contribution in [-0.2, 0) is 4.74 Å². The third-order valence-electron chi connectivity index (χ3n) is 3.32. The molecule has 0 unspecified atom stereocenters. The molecule has 1 saturated heterocycles. The summed E-state index contributed by atoms with van der Waals surface area (Å²) in [6.45, 7) is 3.01. The monoisotopic (exact) mass is 314 g/mol. The number of hydrogen-bond donors (Lipinski definition) is 2. The average Bonchev–Trinajstić information content (AvgIpc) is 3.05. The molecular weight excluding hydrogens is 296 g/mol. The summed E-state index contributed by atoms with van der Waals surface area (Å²) in [6.07, 6.45) is 1.47. The lowest BCUT2D eigenvalue weighted by Crippen LogP contribution is -2.35. The largest absolute Gasteiger partial charge is 0.440 e. The van der Waals surface area contributed by atoms with Gasteiger partial charge in [-0.15, -0.1) is 0 Å². The maximum atomic E-state index is 11.7. The van der Waals surface area contributed by atoms with Crippen molar-refractivity contribution in [2.75, 3.05) is 36.5 Å². The number of hydrazone groups is 1. The van der Waals surface area contributed by atoms with Gasteiger partial charge in [0.25, 0.3) is 0 Å². The Morgan fingerprint density at radius 3 is 2.70 bits per heavy atom. The molecule has 1 aliphatic heterocycles. The van der Waals surface area contributed by atoms with E-state index in [-0.39, 0.29) is 0 Å². The number of morpholine rings is 1. The number of urea groups is 1. The molecule has 2 N–H and O–H groups in total. The van der Waals surface area contributed by atoms with Gasteiger partial charge in [-0.3, -0.25) is 0 Å². The number of para-hydroxylation sites is 1. The van der Waals surface area contributed by atoms with Crippen LogP contribution in [-0.4, -0.2) is 38.5 Å². The number of carbonyl (C=O) groups is 1. The molecule has 0 radical (unpaired) electrons. The summed E-state index contributed by atoms with van der Waals surface area (Å²) in [5.74, 6) is 1.36. The highest BCUT2D eigenvalue weighted by atomic mass is 16.5. The summed E-state index contributed by atoms with van der Waals surface area (Å²) >= 11 is 0. The van der Waals surface area contributed by atoms with Crippen LogP contribution in [0.1, 0.15) is 5.76 Å². The first-order valence-corrected chi connectivity index (χ1v) is 7.39. The van der Waals surface area contributed by atoms with E-state index in [0.29, 0.717) is 24.7 Å². The van der Waals surface area contributed by atoms with Crippen LogP contribution >= 0.6 is 0 Å². The first-order chi connectivity index (χ1) is 11.3. The first-order valence-electron chi connectivity index (χ1n) is 7.39. The minimum absolute atomic E-state index is 0.410. The maximum Gasteiger partial charge on any atom is 0.339 e. The predicted octanol–water partition coefficient (Wildman–Crippen LogP) is 2.27. The van der Waals surface area contributed by atoms with Gasteiger partial charge in [0.05, 0.1) is 19.4 Å². The molecule has 1 aliphatic rings. The second-order valence-corrected chi connectivity index (χ2v) is 4.97. The van der Waals surface area contributed by atoms with Crippen LogP contribution in [0, 0.1) is 0 Å². The maximum absolute atomic E-state index is 11.7. The Balaban J connectivity index is 1.50. The van der Waals surface area contributed by atoms with E-state index in [1.165, 1.54) is 6.21 Å². The van der Waals surface area contributed by atoms with E-state index in [0.717, 1.165) is 19.0 Å². The van der Waals surface area contributed by atoms with E-state index in [2.05, 4.69) is 20.7 Å². The fourth-order valence-electron chi connectivity index (χ4n) is 2.20. The molecular formula is C16H18N4O3. The topological polar surface area (TPSA) is 79.1 Å². The quantitative estimate of drug-likeness (QED) is 0.670. The Morgan fingerprint density at radius 1 is 1.13 bits per heavy atom. The Labute approximate surface area is 133 Å². The van der Waals surface area contributed by atoms with Gasteiger partial charge in [-0.05, 0) is 18.2 Å². The van der Waals surface area contributed by atoms with Crippen LogP contribution in [0.3, 0.4) is 0 Å². The van der Waals surface area contributed by atoms with Gasteiger partial charge in [0, 0.05) is 24.8 Å². The van der Waals surface area contributed by atoms with E-state index in [1.807, 2.05) is 30.3 Å². The highest BCUT2D eigenvalue weighted by molar-refractivity contribution is 5.90. The van der Waals surface area contributed by atoms with Gasteiger partial charge in [0.2, 0.25) is 0 Å². The second-order valence-electron chi connectivity index (χ2n) is 4.97. The third kappa shape index (κ3) is 4.33. The van der Waals surface area contributed by atoms with Gasteiger partial charge in [0.15, 0.2) is 5.88 Å². The number of hydrogen-bond acceptors (Lipinski definition) is 5. The first kappa shape index (κ1) is 15.1. The number of nitrogens with zero attached hydrogens (tertiary/aromatic N) is 2. The van der Waals surface area contributed by atoms with Crippen molar-refractivity contribution >= 4 is 23.8 Å². The molecule has 3 rings (SSSR count). The zero-order valence-electron chi connectivity index (χ0n) is 12.6. The average molecular weight is 314 g/mol. The normalized spacial score (nSPS) is 14.9. The highest BCUT2D eigenvalue weighted by Crippen LogP contribution is 2.18. The molecule has 7 nitrogen and oxygen atoms in total. The molecule has 2 heterocycles. The standard InChI is InChI=1S/C16H18N4O3/c21-16(18-13-4-2-1-3-5-13)19-17-12-14-6-7-15(23-14)20-8-10-22-11-9-20/h1-7,12H,8-11H2,(H2,18,19,21)/b17-12+. The van der Waals surface area contributed by atoms with E-state index < -0.39 is 6.03 Å². The van der Waals surface area contributed by atoms with Gasteiger partial charge in [0.1, 0.15) is 5.76 Å². The zero-order valence-corrected chi connectivity index (χ0v) is 12.6. The van der Waals surface area contributed by atoms with Crippen LogP contribution in [0.2, 0.25) is 0 Å². The second kappa shape index (κ2) is 7.46. The molecule has 0 aliphatic carbocycles. The number of carbonyl (C=O) groups excluding carboxylic acids is 1. The van der Waals surface area contributed by atoms with Crippen molar-refractivity contribution in [3.63, 3.8) is 0 Å². The molecule has 0 bridgehead atoms. The number of ether oxygens (including phenoxy) is 1. The van der Waals surface area contributed by atoms with Crippen LogP contribution in [0.4, 0.5) is 16.4 Å². The van der Waals surface area contributed by atoms with Gasteiger partial charge >= 0.3 is 6.03 Å².